The number of carbonyl (C=O) groups is 2. The summed E-state index contributed by atoms with van der Waals surface area (Å²) in [6.07, 6.45) is -0.743. The summed E-state index contributed by atoms with van der Waals surface area (Å²) >= 11 is 0. The van der Waals surface area contributed by atoms with Crippen molar-refractivity contribution in [1.82, 2.24) is 20.3 Å². The van der Waals surface area contributed by atoms with Gasteiger partial charge < -0.3 is 40.0 Å². The average molecular weight is 677 g/mol. The van der Waals surface area contributed by atoms with Crippen molar-refractivity contribution in [2.45, 2.75) is 69.0 Å². The quantitative estimate of drug-likeness (QED) is 0.196. The highest BCUT2D eigenvalue weighted by Crippen LogP contribution is 2.33. The third kappa shape index (κ3) is 10.3. The van der Waals surface area contributed by atoms with Crippen LogP contribution in [-0.4, -0.2) is 101 Å². The van der Waals surface area contributed by atoms with Crippen LogP contribution in [0, 0.1) is 11.3 Å². The first kappa shape index (κ1) is 36.4. The Kier molecular flexibility index (Phi) is 12.9. The Bertz CT molecular complexity index is 1410. The van der Waals surface area contributed by atoms with Crippen LogP contribution in [-0.2, 0) is 30.7 Å². The van der Waals surface area contributed by atoms with Crippen molar-refractivity contribution in [3.63, 3.8) is 0 Å². The van der Waals surface area contributed by atoms with Crippen molar-refractivity contribution in [1.29, 1.82) is 0 Å². The second-order valence-corrected chi connectivity index (χ2v) is 14.7. The number of fused-ring (bicyclic) bond motifs is 1. The fraction of sp³-hybridized carbons (Fsp3) is 0.576. The molecular weight excluding hydrogens is 628 g/mol. The van der Waals surface area contributed by atoms with Gasteiger partial charge in [-0.1, -0.05) is 44.2 Å². The molecule has 0 radical (unpaired) electrons. The molecule has 14 heteroatoms. The van der Waals surface area contributed by atoms with Crippen LogP contribution in [0.4, 0.5) is 9.59 Å². The maximum atomic E-state index is 14.1. The van der Waals surface area contributed by atoms with E-state index < -0.39 is 46.1 Å². The summed E-state index contributed by atoms with van der Waals surface area (Å²) in [4.78, 5) is 24.8. The summed E-state index contributed by atoms with van der Waals surface area (Å²) in [7, 11) is -1.07. The molecule has 47 heavy (non-hydrogen) atoms. The molecule has 2 fully saturated rings. The molecule has 0 aliphatic carbocycles. The lowest BCUT2D eigenvalue weighted by Crippen LogP contribution is -2.52. The van der Waals surface area contributed by atoms with E-state index in [4.69, 9.17) is 18.9 Å². The van der Waals surface area contributed by atoms with Gasteiger partial charge >= 0.3 is 12.1 Å². The van der Waals surface area contributed by atoms with Crippen molar-refractivity contribution in [2.75, 3.05) is 47.0 Å². The molecule has 2 heterocycles. The van der Waals surface area contributed by atoms with E-state index in [1.54, 1.807) is 12.1 Å². The number of hydrogen-bond donors (Lipinski definition) is 4. The number of aliphatic hydroxyl groups excluding tert-OH is 1. The molecule has 2 aliphatic rings. The molecule has 0 aromatic heterocycles. The lowest BCUT2D eigenvalue weighted by molar-refractivity contribution is -0.0907. The zero-order chi connectivity index (χ0) is 34.0. The molecule has 0 saturated carbocycles. The van der Waals surface area contributed by atoms with E-state index in [1.807, 2.05) is 44.2 Å². The van der Waals surface area contributed by atoms with Crippen LogP contribution >= 0.6 is 0 Å². The lowest BCUT2D eigenvalue weighted by atomic mass is 9.87. The minimum Gasteiger partial charge on any atom is -0.497 e. The fourth-order valence-electron chi connectivity index (χ4n) is 5.92. The normalized spacial score (nSPS) is 20.7. The number of amides is 3. The van der Waals surface area contributed by atoms with Crippen LogP contribution in [0.5, 0.6) is 5.75 Å². The van der Waals surface area contributed by atoms with Crippen LogP contribution < -0.4 is 20.7 Å². The third-order valence-corrected chi connectivity index (χ3v) is 10.4. The van der Waals surface area contributed by atoms with Gasteiger partial charge in [-0.25, -0.2) is 18.0 Å². The number of carbonyl (C=O) groups excluding carboxylic acids is 2. The highest BCUT2D eigenvalue weighted by atomic mass is 32.2. The first-order valence-corrected chi connectivity index (χ1v) is 17.4. The Morgan fingerprint density at radius 2 is 1.83 bits per heavy atom. The van der Waals surface area contributed by atoms with E-state index in [1.165, 1.54) is 30.6 Å². The predicted octanol–water partition coefficient (Wildman–Crippen LogP) is 2.88. The Morgan fingerprint density at radius 3 is 2.51 bits per heavy atom. The Hall–Kier alpha value is -3.43. The standard InChI is InChI=1S/C33H48N4O9S/c1-33(2,16-8-17-35-31(39)34-3)22-37(47(41,42)25-13-11-24(43-4)12-14-25)20-28(38)27(19-23-9-6-5-7-10-23)36-32(40)46-29-21-45-30-26(29)15-18-44-30/h5-7,9-14,26-30,38H,8,15-22H2,1-4H3,(H,36,40)(H2,34,35,39)/t26-,27+,28+,29-,30+/m1/s1. The Balaban J connectivity index is 1.54. The van der Waals surface area contributed by atoms with Gasteiger partial charge in [-0.15, -0.1) is 0 Å². The number of urea groups is 1. The lowest BCUT2D eigenvalue weighted by Gasteiger charge is -2.35. The number of nitrogens with one attached hydrogen (secondary N) is 3. The number of alkyl carbamates (subject to hydrolysis) is 1. The number of nitrogens with zero attached hydrogens (tertiary/aromatic N) is 1. The van der Waals surface area contributed by atoms with Crippen LogP contribution in [0.25, 0.3) is 0 Å². The predicted molar refractivity (Wildman–Crippen MR) is 174 cm³/mol. The van der Waals surface area contributed by atoms with E-state index in [-0.39, 0.29) is 43.0 Å². The Morgan fingerprint density at radius 1 is 1.11 bits per heavy atom. The van der Waals surface area contributed by atoms with Gasteiger partial charge in [0.15, 0.2) is 6.29 Å². The summed E-state index contributed by atoms with van der Waals surface area (Å²) in [6, 6.07) is 14.2. The van der Waals surface area contributed by atoms with E-state index in [2.05, 4.69) is 16.0 Å². The first-order chi connectivity index (χ1) is 22.4. The van der Waals surface area contributed by atoms with Gasteiger partial charge in [0.1, 0.15) is 11.9 Å². The van der Waals surface area contributed by atoms with E-state index in [0.717, 1.165) is 5.56 Å². The Labute approximate surface area is 277 Å². The van der Waals surface area contributed by atoms with Crippen molar-refractivity contribution < 1.29 is 42.1 Å². The van der Waals surface area contributed by atoms with Crippen molar-refractivity contribution in [2.24, 2.45) is 11.3 Å². The molecule has 4 N–H and O–H groups in total. The average Bonchev–Trinajstić information content (AvgIpc) is 3.68. The number of rotatable bonds is 16. The maximum Gasteiger partial charge on any atom is 0.407 e. The number of hydrogen-bond acceptors (Lipinski definition) is 9. The summed E-state index contributed by atoms with van der Waals surface area (Å²) in [5.41, 5.74) is 0.312. The third-order valence-electron chi connectivity index (χ3n) is 8.54. The zero-order valence-corrected chi connectivity index (χ0v) is 28.3. The molecule has 260 valence electrons. The van der Waals surface area contributed by atoms with Crippen LogP contribution in [0.15, 0.2) is 59.5 Å². The van der Waals surface area contributed by atoms with Crippen LogP contribution in [0.1, 0.15) is 38.7 Å². The monoisotopic (exact) mass is 676 g/mol. The fourth-order valence-corrected chi connectivity index (χ4v) is 7.56. The summed E-state index contributed by atoms with van der Waals surface area (Å²) < 4.78 is 51.6. The molecule has 4 rings (SSSR count). The van der Waals surface area contributed by atoms with Gasteiger partial charge in [-0.2, -0.15) is 4.31 Å². The van der Waals surface area contributed by atoms with Crippen LogP contribution in [0.2, 0.25) is 0 Å². The van der Waals surface area contributed by atoms with Gasteiger partial charge in [-0.3, -0.25) is 0 Å². The molecule has 0 bridgehead atoms. The zero-order valence-electron chi connectivity index (χ0n) is 27.5. The number of methoxy groups -OCH3 is 1. The smallest absolute Gasteiger partial charge is 0.407 e. The number of ether oxygens (including phenoxy) is 4. The van der Waals surface area contributed by atoms with E-state index >= 15 is 0 Å². The van der Waals surface area contributed by atoms with Gasteiger partial charge in [0, 0.05) is 26.7 Å². The van der Waals surface area contributed by atoms with Gasteiger partial charge in [0.05, 0.1) is 43.3 Å². The van der Waals surface area contributed by atoms with Crippen molar-refractivity contribution >= 4 is 22.1 Å². The molecule has 3 amide bonds. The van der Waals surface area contributed by atoms with Crippen LogP contribution in [0.3, 0.4) is 0 Å². The summed E-state index contributed by atoms with van der Waals surface area (Å²) in [6.45, 7) is 4.83. The van der Waals surface area contributed by atoms with Crippen molar-refractivity contribution in [3.05, 3.63) is 60.2 Å². The van der Waals surface area contributed by atoms with E-state index in [9.17, 15) is 23.1 Å². The molecule has 2 aromatic carbocycles. The molecule has 13 nitrogen and oxygen atoms in total. The minimum absolute atomic E-state index is 0.0455. The molecule has 2 aromatic rings. The second kappa shape index (κ2) is 16.6. The number of benzene rings is 2. The minimum atomic E-state index is -4.10. The molecule has 5 atom stereocenters. The second-order valence-electron chi connectivity index (χ2n) is 12.7. The topological polar surface area (TPSA) is 165 Å². The van der Waals surface area contributed by atoms with Gasteiger partial charge in [0.25, 0.3) is 0 Å². The summed E-state index contributed by atoms with van der Waals surface area (Å²) in [5.74, 6) is 0.449. The maximum absolute atomic E-state index is 14.1. The molecule has 0 spiro atoms. The molecule has 2 aliphatic heterocycles. The van der Waals surface area contributed by atoms with E-state index in [0.29, 0.717) is 38.2 Å². The summed E-state index contributed by atoms with van der Waals surface area (Å²) in [5, 5.41) is 19.8. The highest BCUT2D eigenvalue weighted by molar-refractivity contribution is 7.89. The number of aliphatic hydroxyl groups is 1. The molecule has 2 saturated heterocycles. The number of sulfonamides is 1. The van der Waals surface area contributed by atoms with Crippen molar-refractivity contribution in [3.8, 4) is 5.75 Å². The first-order valence-electron chi connectivity index (χ1n) is 15.9. The molecular formula is C33H48N4O9S. The largest absolute Gasteiger partial charge is 0.497 e. The highest BCUT2D eigenvalue weighted by Gasteiger charge is 2.44. The molecule has 0 unspecified atom stereocenters. The SMILES string of the molecule is CNC(=O)NCCCC(C)(C)CN(C[C@H](O)[C@H](Cc1ccccc1)NC(=O)O[C@@H]1CO[C@@H]2OCC[C@@H]21)S(=O)(=O)c1ccc(OC)cc1. The van der Waals surface area contributed by atoms with Gasteiger partial charge in [0.2, 0.25) is 10.0 Å². The van der Waals surface area contributed by atoms with Gasteiger partial charge in [-0.05, 0) is 60.9 Å².